The van der Waals surface area contributed by atoms with Crippen molar-refractivity contribution in [3.05, 3.63) is 60.0 Å². The summed E-state index contributed by atoms with van der Waals surface area (Å²) in [4.78, 5) is 12.5. The van der Waals surface area contributed by atoms with Crippen LogP contribution in [-0.2, 0) is 6.18 Å². The Labute approximate surface area is 163 Å². The Morgan fingerprint density at radius 3 is 2.52 bits per heavy atom. The van der Waals surface area contributed by atoms with Crippen molar-refractivity contribution < 1.29 is 22.7 Å². The summed E-state index contributed by atoms with van der Waals surface area (Å²) in [6, 6.07) is 8.72. The number of aliphatic hydroxyl groups is 1. The monoisotopic (exact) mass is 407 g/mol. The number of alkyl halides is 3. The van der Waals surface area contributed by atoms with E-state index in [2.05, 4.69) is 25.6 Å². The Bertz CT molecular complexity index is 982. The third-order valence-corrected chi connectivity index (χ3v) is 3.87. The number of benzene rings is 1. The second-order valence-electron chi connectivity index (χ2n) is 6.19. The maximum Gasteiger partial charge on any atom is 0.418 e. The van der Waals surface area contributed by atoms with Gasteiger partial charge in [0.2, 0.25) is 5.95 Å². The molecule has 0 aliphatic heterocycles. The fraction of sp³-hybridized carbons (Fsp3) is 0.211. The minimum atomic E-state index is -4.76. The van der Waals surface area contributed by atoms with Gasteiger partial charge in [0.05, 0.1) is 29.2 Å². The van der Waals surface area contributed by atoms with Gasteiger partial charge in [-0.3, -0.25) is 4.98 Å². The van der Waals surface area contributed by atoms with E-state index in [0.717, 1.165) is 18.2 Å². The summed E-state index contributed by atoms with van der Waals surface area (Å²) >= 11 is 0. The smallest absolute Gasteiger partial charge is 0.394 e. The number of hydrogen-bond donors (Lipinski definition) is 3. The number of halogens is 4. The topological polar surface area (TPSA) is 83.0 Å². The molecule has 0 saturated carbocycles. The molecule has 2 aromatic heterocycles. The summed E-state index contributed by atoms with van der Waals surface area (Å²) in [5, 5.41) is 14.5. The predicted molar refractivity (Wildman–Crippen MR) is 100 cm³/mol. The molecule has 1 atom stereocenters. The van der Waals surface area contributed by atoms with Crippen molar-refractivity contribution in [2.24, 2.45) is 0 Å². The summed E-state index contributed by atoms with van der Waals surface area (Å²) in [7, 11) is 0. The summed E-state index contributed by atoms with van der Waals surface area (Å²) in [6.07, 6.45) is -3.22. The van der Waals surface area contributed by atoms with Gasteiger partial charge in [-0.05, 0) is 31.2 Å². The molecule has 29 heavy (non-hydrogen) atoms. The van der Waals surface area contributed by atoms with Crippen LogP contribution < -0.4 is 10.6 Å². The van der Waals surface area contributed by atoms with Crippen molar-refractivity contribution >= 4 is 17.5 Å². The van der Waals surface area contributed by atoms with Crippen molar-refractivity contribution in [2.45, 2.75) is 19.1 Å². The number of pyridine rings is 1. The van der Waals surface area contributed by atoms with E-state index in [9.17, 15) is 22.7 Å². The average molecular weight is 407 g/mol. The lowest BCUT2D eigenvalue weighted by Gasteiger charge is -2.17. The Morgan fingerprint density at radius 1 is 1.07 bits per heavy atom. The van der Waals surface area contributed by atoms with Gasteiger partial charge in [-0.2, -0.15) is 18.2 Å². The minimum Gasteiger partial charge on any atom is -0.394 e. The molecule has 0 unspecified atom stereocenters. The molecule has 0 bridgehead atoms. The van der Waals surface area contributed by atoms with Gasteiger partial charge in [-0.1, -0.05) is 12.1 Å². The van der Waals surface area contributed by atoms with E-state index in [1.165, 1.54) is 12.3 Å². The van der Waals surface area contributed by atoms with E-state index in [1.807, 2.05) is 0 Å². The van der Waals surface area contributed by atoms with Crippen LogP contribution in [0.15, 0.2) is 48.7 Å². The first-order valence-electron chi connectivity index (χ1n) is 8.58. The Morgan fingerprint density at radius 2 is 1.86 bits per heavy atom. The lowest BCUT2D eigenvalue weighted by atomic mass is 10.1. The molecule has 0 aliphatic rings. The van der Waals surface area contributed by atoms with Crippen LogP contribution >= 0.6 is 0 Å². The first-order chi connectivity index (χ1) is 13.8. The zero-order valence-electron chi connectivity index (χ0n) is 15.2. The van der Waals surface area contributed by atoms with Gasteiger partial charge in [-0.15, -0.1) is 0 Å². The molecular weight excluding hydrogens is 390 g/mol. The molecule has 0 saturated heterocycles. The lowest BCUT2D eigenvalue weighted by Crippen LogP contribution is -2.21. The normalized spacial score (nSPS) is 12.5. The fourth-order valence-corrected chi connectivity index (χ4v) is 2.50. The number of hydrogen-bond acceptors (Lipinski definition) is 6. The van der Waals surface area contributed by atoms with Crippen LogP contribution in [0.1, 0.15) is 12.5 Å². The van der Waals surface area contributed by atoms with Crippen molar-refractivity contribution in [1.29, 1.82) is 0 Å². The van der Waals surface area contributed by atoms with Crippen molar-refractivity contribution in [3.63, 3.8) is 0 Å². The number of rotatable bonds is 6. The van der Waals surface area contributed by atoms with E-state index in [-0.39, 0.29) is 18.4 Å². The van der Waals surface area contributed by atoms with Gasteiger partial charge in [0.15, 0.2) is 0 Å². The second-order valence-corrected chi connectivity index (χ2v) is 6.19. The van der Waals surface area contributed by atoms with Crippen LogP contribution in [-0.4, -0.2) is 32.7 Å². The Balaban J connectivity index is 2.07. The molecule has 0 radical (unpaired) electrons. The molecular formula is C19H17F4N5O. The van der Waals surface area contributed by atoms with Gasteiger partial charge in [0.25, 0.3) is 0 Å². The molecule has 0 spiro atoms. The zero-order valence-corrected chi connectivity index (χ0v) is 15.2. The van der Waals surface area contributed by atoms with Crippen molar-refractivity contribution in [1.82, 2.24) is 15.0 Å². The van der Waals surface area contributed by atoms with E-state index < -0.39 is 29.3 Å². The van der Waals surface area contributed by atoms with Crippen LogP contribution in [0.5, 0.6) is 0 Å². The number of aromatic nitrogens is 3. The average Bonchev–Trinajstić information content (AvgIpc) is 2.69. The number of para-hydroxylation sites is 1. The van der Waals surface area contributed by atoms with Crippen molar-refractivity contribution in [2.75, 3.05) is 17.2 Å². The SMILES string of the molecule is C[C@H](CO)Nc1nc(Nc2c(F)cccc2C(F)(F)F)cc(-c2ccccn2)n1. The van der Waals surface area contributed by atoms with Crippen molar-refractivity contribution in [3.8, 4) is 11.4 Å². The molecule has 2 heterocycles. The van der Waals surface area contributed by atoms with Crippen LogP contribution in [0.2, 0.25) is 0 Å². The fourth-order valence-electron chi connectivity index (χ4n) is 2.50. The van der Waals surface area contributed by atoms with Crippen LogP contribution in [0, 0.1) is 5.82 Å². The quantitative estimate of drug-likeness (QED) is 0.531. The van der Waals surface area contributed by atoms with Crippen LogP contribution in [0.3, 0.4) is 0 Å². The molecule has 3 rings (SSSR count). The van der Waals surface area contributed by atoms with Gasteiger partial charge < -0.3 is 15.7 Å². The highest BCUT2D eigenvalue weighted by Crippen LogP contribution is 2.37. The predicted octanol–water partition coefficient (Wildman–Crippen LogP) is 4.23. The van der Waals surface area contributed by atoms with Gasteiger partial charge >= 0.3 is 6.18 Å². The molecule has 0 fully saturated rings. The molecule has 0 aliphatic carbocycles. The van der Waals surface area contributed by atoms with E-state index >= 15 is 0 Å². The summed E-state index contributed by atoms with van der Waals surface area (Å²) < 4.78 is 54.0. The molecule has 6 nitrogen and oxygen atoms in total. The standard InChI is InChI=1S/C19H17F4N5O/c1-11(10-29)25-18-26-15(14-7-2-3-8-24-14)9-16(28-18)27-17-12(19(21,22)23)5-4-6-13(17)20/h2-9,11,29H,10H2,1H3,(H2,25,26,27,28)/t11-/m1/s1. The summed E-state index contributed by atoms with van der Waals surface area (Å²) in [5.41, 5.74) is -1.15. The minimum absolute atomic E-state index is 0.0436. The third-order valence-electron chi connectivity index (χ3n) is 3.87. The van der Waals surface area contributed by atoms with Gasteiger partial charge in [0.1, 0.15) is 11.6 Å². The van der Waals surface area contributed by atoms with Gasteiger partial charge in [0, 0.05) is 18.3 Å². The molecule has 3 N–H and O–H groups in total. The van der Waals surface area contributed by atoms with E-state index in [4.69, 9.17) is 0 Å². The van der Waals surface area contributed by atoms with E-state index in [1.54, 1.807) is 25.1 Å². The first kappa shape index (κ1) is 20.5. The molecule has 10 heteroatoms. The first-order valence-corrected chi connectivity index (χ1v) is 8.58. The summed E-state index contributed by atoms with van der Waals surface area (Å²) in [5.74, 6) is -1.10. The Kier molecular flexibility index (Phi) is 5.92. The third kappa shape index (κ3) is 4.96. The second kappa shape index (κ2) is 8.39. The van der Waals surface area contributed by atoms with Crippen LogP contribution in [0.25, 0.3) is 11.4 Å². The number of nitrogens with zero attached hydrogens (tertiary/aromatic N) is 3. The van der Waals surface area contributed by atoms with Crippen LogP contribution in [0.4, 0.5) is 35.0 Å². The molecule has 1 aromatic carbocycles. The highest BCUT2D eigenvalue weighted by Gasteiger charge is 2.35. The number of anilines is 3. The maximum atomic E-state index is 14.2. The highest BCUT2D eigenvalue weighted by atomic mass is 19.4. The number of aliphatic hydroxyl groups excluding tert-OH is 1. The summed E-state index contributed by atoms with van der Waals surface area (Å²) in [6.45, 7) is 1.45. The zero-order chi connectivity index (χ0) is 21.0. The Hall–Kier alpha value is -3.27. The maximum absolute atomic E-state index is 14.2. The largest absolute Gasteiger partial charge is 0.418 e. The molecule has 3 aromatic rings. The number of nitrogens with one attached hydrogen (secondary N) is 2. The molecule has 152 valence electrons. The van der Waals surface area contributed by atoms with Gasteiger partial charge in [-0.25, -0.2) is 9.37 Å². The molecule has 0 amide bonds. The van der Waals surface area contributed by atoms with E-state index in [0.29, 0.717) is 11.4 Å². The highest BCUT2D eigenvalue weighted by molar-refractivity contribution is 5.67. The lowest BCUT2D eigenvalue weighted by molar-refractivity contribution is -0.137.